The van der Waals surface area contributed by atoms with Gasteiger partial charge in [0.2, 0.25) is 10.0 Å². The lowest BCUT2D eigenvalue weighted by atomic mass is 10.1. The first-order chi connectivity index (χ1) is 10.8. The fourth-order valence-corrected chi connectivity index (χ4v) is 4.50. The quantitative estimate of drug-likeness (QED) is 0.897. The summed E-state index contributed by atoms with van der Waals surface area (Å²) in [7, 11) is -3.18. The van der Waals surface area contributed by atoms with E-state index >= 15 is 0 Å². The fraction of sp³-hybridized carbons (Fsp3) is 0.692. The molecule has 2 heterocycles. The third-order valence-corrected chi connectivity index (χ3v) is 6.47. The van der Waals surface area contributed by atoms with Crippen LogP contribution in [-0.4, -0.2) is 47.1 Å². The largest absolute Gasteiger partial charge is 0.433 e. The van der Waals surface area contributed by atoms with E-state index in [1.54, 1.807) is 0 Å². The molecule has 0 aromatic carbocycles. The lowest BCUT2D eigenvalue weighted by Gasteiger charge is -2.32. The second-order valence-electron chi connectivity index (χ2n) is 5.85. The van der Waals surface area contributed by atoms with Gasteiger partial charge in [-0.2, -0.15) is 13.2 Å². The Morgan fingerprint density at radius 2 is 1.78 bits per heavy atom. The Bertz CT molecular complexity index is 668. The molecule has 3 rings (SSSR count). The first-order valence-corrected chi connectivity index (χ1v) is 8.92. The number of alkyl halides is 3. The van der Waals surface area contributed by atoms with E-state index < -0.39 is 21.9 Å². The van der Waals surface area contributed by atoms with Crippen molar-refractivity contribution in [3.63, 3.8) is 0 Å². The van der Waals surface area contributed by atoms with Gasteiger partial charge in [-0.15, -0.1) is 0 Å². The van der Waals surface area contributed by atoms with E-state index in [1.165, 1.54) is 4.31 Å². The van der Waals surface area contributed by atoms with E-state index in [-0.39, 0.29) is 17.1 Å². The van der Waals surface area contributed by atoms with Crippen LogP contribution in [0.4, 0.5) is 19.0 Å². The van der Waals surface area contributed by atoms with Crippen LogP contribution in [0.2, 0.25) is 0 Å². The van der Waals surface area contributed by atoms with Gasteiger partial charge < -0.3 is 5.32 Å². The van der Waals surface area contributed by atoms with Gasteiger partial charge in [0.05, 0.1) is 5.25 Å². The minimum atomic E-state index is -4.51. The molecule has 0 unspecified atom stereocenters. The van der Waals surface area contributed by atoms with Crippen molar-refractivity contribution >= 4 is 15.8 Å². The summed E-state index contributed by atoms with van der Waals surface area (Å²) in [5.41, 5.74) is -0.997. The van der Waals surface area contributed by atoms with Crippen molar-refractivity contribution in [3.8, 4) is 0 Å². The predicted octanol–water partition coefficient (Wildman–Crippen LogP) is 1.86. The molecule has 1 N–H and O–H groups in total. The lowest BCUT2D eigenvalue weighted by molar-refractivity contribution is -0.141. The second kappa shape index (κ2) is 5.90. The molecule has 1 aromatic heterocycles. The maximum Gasteiger partial charge on any atom is 0.433 e. The van der Waals surface area contributed by atoms with Crippen LogP contribution in [-0.2, 0) is 16.2 Å². The minimum absolute atomic E-state index is 0.100. The van der Waals surface area contributed by atoms with Crippen molar-refractivity contribution in [1.29, 1.82) is 0 Å². The number of hydrogen-bond donors (Lipinski definition) is 1. The predicted molar refractivity (Wildman–Crippen MR) is 77.2 cm³/mol. The zero-order valence-corrected chi connectivity index (χ0v) is 13.1. The number of anilines is 1. The van der Waals surface area contributed by atoms with Crippen molar-refractivity contribution in [2.45, 2.75) is 43.2 Å². The highest BCUT2D eigenvalue weighted by Crippen LogP contribution is 2.33. The van der Waals surface area contributed by atoms with Gasteiger partial charge in [0.15, 0.2) is 0 Å². The molecule has 1 saturated heterocycles. The highest BCUT2D eigenvalue weighted by molar-refractivity contribution is 7.90. The SMILES string of the molecule is O=S(=O)(C1CC1)N1CCC(Nc2cc(C(F)(F)F)ncn2)CC1. The third-order valence-electron chi connectivity index (χ3n) is 4.07. The van der Waals surface area contributed by atoms with Crippen LogP contribution >= 0.6 is 0 Å². The number of aromatic nitrogens is 2. The van der Waals surface area contributed by atoms with Crippen LogP contribution in [0.1, 0.15) is 31.4 Å². The fourth-order valence-electron chi connectivity index (χ4n) is 2.63. The van der Waals surface area contributed by atoms with Gasteiger partial charge in [0, 0.05) is 25.2 Å². The summed E-state index contributed by atoms with van der Waals surface area (Å²) >= 11 is 0. The number of nitrogens with one attached hydrogen (secondary N) is 1. The Hall–Kier alpha value is -1.42. The molecule has 2 fully saturated rings. The summed E-state index contributed by atoms with van der Waals surface area (Å²) < 4.78 is 63.6. The van der Waals surface area contributed by atoms with Crippen molar-refractivity contribution in [1.82, 2.24) is 14.3 Å². The van der Waals surface area contributed by atoms with Crippen molar-refractivity contribution in [3.05, 3.63) is 18.1 Å². The number of nitrogens with zero attached hydrogens (tertiary/aromatic N) is 3. The molecular weight excluding hydrogens is 333 g/mol. The Labute approximate surface area is 132 Å². The molecule has 6 nitrogen and oxygen atoms in total. The Balaban J connectivity index is 1.59. The molecule has 1 saturated carbocycles. The molecule has 1 aliphatic heterocycles. The molecule has 1 aromatic rings. The maximum absolute atomic E-state index is 12.6. The van der Waals surface area contributed by atoms with Gasteiger partial charge in [0.25, 0.3) is 0 Å². The molecule has 128 valence electrons. The van der Waals surface area contributed by atoms with Crippen LogP contribution in [0.15, 0.2) is 12.4 Å². The standard InChI is InChI=1S/C13H17F3N4O2S/c14-13(15,16)11-7-12(18-8-17-11)19-9-3-5-20(6-4-9)23(21,22)10-1-2-10/h7-10H,1-6H2,(H,17,18,19). The molecule has 0 bridgehead atoms. The minimum Gasteiger partial charge on any atom is -0.367 e. The summed E-state index contributed by atoms with van der Waals surface area (Å²) in [5.74, 6) is 0.107. The summed E-state index contributed by atoms with van der Waals surface area (Å²) in [4.78, 5) is 7.01. The summed E-state index contributed by atoms with van der Waals surface area (Å²) in [6.45, 7) is 0.765. The first-order valence-electron chi connectivity index (χ1n) is 7.41. The highest BCUT2D eigenvalue weighted by Gasteiger charge is 2.41. The number of sulfonamides is 1. The van der Waals surface area contributed by atoms with Gasteiger partial charge in [-0.3, -0.25) is 0 Å². The lowest BCUT2D eigenvalue weighted by Crippen LogP contribution is -2.43. The average molecular weight is 350 g/mol. The zero-order valence-electron chi connectivity index (χ0n) is 12.3. The number of rotatable bonds is 4. The van der Waals surface area contributed by atoms with Crippen LogP contribution in [0.3, 0.4) is 0 Å². The summed E-state index contributed by atoms with van der Waals surface area (Å²) in [6, 6.07) is 0.768. The molecule has 0 radical (unpaired) electrons. The number of halogens is 3. The normalized spacial score (nSPS) is 21.3. The topological polar surface area (TPSA) is 75.2 Å². The number of piperidine rings is 1. The Morgan fingerprint density at radius 3 is 2.35 bits per heavy atom. The van der Waals surface area contributed by atoms with Gasteiger partial charge >= 0.3 is 6.18 Å². The first kappa shape index (κ1) is 16.4. The van der Waals surface area contributed by atoms with Crippen molar-refractivity contribution < 1.29 is 21.6 Å². The van der Waals surface area contributed by atoms with Gasteiger partial charge in [-0.05, 0) is 25.7 Å². The number of hydrogen-bond acceptors (Lipinski definition) is 5. The van der Waals surface area contributed by atoms with Gasteiger partial charge in [-0.1, -0.05) is 0 Å². The van der Waals surface area contributed by atoms with E-state index in [9.17, 15) is 21.6 Å². The molecule has 2 aliphatic rings. The maximum atomic E-state index is 12.6. The molecular formula is C13H17F3N4O2S. The molecule has 0 amide bonds. The second-order valence-corrected chi connectivity index (χ2v) is 8.06. The van der Waals surface area contributed by atoms with Crippen LogP contribution in [0.25, 0.3) is 0 Å². The Morgan fingerprint density at radius 1 is 1.13 bits per heavy atom. The van der Waals surface area contributed by atoms with E-state index in [1.807, 2.05) is 0 Å². The van der Waals surface area contributed by atoms with E-state index in [0.717, 1.165) is 25.2 Å². The molecule has 23 heavy (non-hydrogen) atoms. The average Bonchev–Trinajstić information content (AvgIpc) is 3.32. The van der Waals surface area contributed by atoms with E-state index in [2.05, 4.69) is 15.3 Å². The highest BCUT2D eigenvalue weighted by atomic mass is 32.2. The Kier molecular flexibility index (Phi) is 4.21. The molecule has 1 aliphatic carbocycles. The monoisotopic (exact) mass is 350 g/mol. The van der Waals surface area contributed by atoms with E-state index in [0.29, 0.717) is 25.9 Å². The molecule has 0 spiro atoms. The van der Waals surface area contributed by atoms with Crippen molar-refractivity contribution in [2.75, 3.05) is 18.4 Å². The van der Waals surface area contributed by atoms with Crippen LogP contribution < -0.4 is 5.32 Å². The van der Waals surface area contributed by atoms with Crippen molar-refractivity contribution in [2.24, 2.45) is 0 Å². The molecule has 10 heteroatoms. The zero-order chi connectivity index (χ0) is 16.7. The molecule has 0 atom stereocenters. The van der Waals surface area contributed by atoms with E-state index in [4.69, 9.17) is 0 Å². The smallest absolute Gasteiger partial charge is 0.367 e. The van der Waals surface area contributed by atoms with Gasteiger partial charge in [0.1, 0.15) is 17.8 Å². The van der Waals surface area contributed by atoms with Gasteiger partial charge in [-0.25, -0.2) is 22.7 Å². The summed E-state index contributed by atoms with van der Waals surface area (Å²) in [6.07, 6.45) is -1.11. The third kappa shape index (κ3) is 3.74. The summed E-state index contributed by atoms with van der Waals surface area (Å²) in [5, 5.41) is 2.70. The van der Waals surface area contributed by atoms with Crippen LogP contribution in [0.5, 0.6) is 0 Å². The van der Waals surface area contributed by atoms with Crippen LogP contribution in [0, 0.1) is 0 Å².